The second kappa shape index (κ2) is 7.90. The zero-order valence-corrected chi connectivity index (χ0v) is 12.7. The zero-order valence-electron chi connectivity index (χ0n) is 12.7. The van der Waals surface area contributed by atoms with E-state index in [9.17, 15) is 9.90 Å². The normalized spacial score (nSPS) is 13.8. The number of hydrogen-bond acceptors (Lipinski definition) is 3. The Hall–Kier alpha value is -1.55. The van der Waals surface area contributed by atoms with Crippen molar-refractivity contribution in [3.8, 4) is 5.75 Å². The van der Waals surface area contributed by atoms with Crippen LogP contribution in [-0.2, 0) is 4.79 Å². The molecule has 0 spiro atoms. The smallest absolute Gasteiger partial charge is 0.223 e. The van der Waals surface area contributed by atoms with E-state index in [1.165, 1.54) is 0 Å². The fourth-order valence-corrected chi connectivity index (χ4v) is 2.39. The highest BCUT2D eigenvalue weighted by Crippen LogP contribution is 2.24. The van der Waals surface area contributed by atoms with Crippen molar-refractivity contribution >= 4 is 5.91 Å². The van der Waals surface area contributed by atoms with Crippen molar-refractivity contribution in [3.63, 3.8) is 0 Å². The lowest BCUT2D eigenvalue weighted by molar-refractivity contribution is -0.134. The topological polar surface area (TPSA) is 66.6 Å². The highest BCUT2D eigenvalue weighted by Gasteiger charge is 2.22. The number of nitrogens with zero attached hydrogens (tertiary/aromatic N) is 1. The van der Waals surface area contributed by atoms with Crippen molar-refractivity contribution in [2.75, 3.05) is 13.1 Å². The summed E-state index contributed by atoms with van der Waals surface area (Å²) in [4.78, 5) is 14.3. The Morgan fingerprint density at radius 1 is 1.40 bits per heavy atom. The Balaban J connectivity index is 2.81. The third-order valence-electron chi connectivity index (χ3n) is 3.86. The van der Waals surface area contributed by atoms with Crippen LogP contribution in [-0.4, -0.2) is 29.0 Å². The van der Waals surface area contributed by atoms with Gasteiger partial charge in [0.05, 0.1) is 6.04 Å². The van der Waals surface area contributed by atoms with Gasteiger partial charge in [0, 0.05) is 13.0 Å². The van der Waals surface area contributed by atoms with Crippen molar-refractivity contribution in [3.05, 3.63) is 29.8 Å². The van der Waals surface area contributed by atoms with Gasteiger partial charge in [0.25, 0.3) is 0 Å². The first-order valence-corrected chi connectivity index (χ1v) is 7.31. The van der Waals surface area contributed by atoms with Crippen LogP contribution in [0.25, 0.3) is 0 Å². The van der Waals surface area contributed by atoms with Gasteiger partial charge in [-0.2, -0.15) is 0 Å². The van der Waals surface area contributed by atoms with Gasteiger partial charge in [0.15, 0.2) is 0 Å². The fraction of sp³-hybridized carbons (Fsp3) is 0.562. The van der Waals surface area contributed by atoms with Crippen molar-refractivity contribution in [2.45, 2.75) is 39.7 Å². The molecule has 0 aliphatic carbocycles. The second-order valence-corrected chi connectivity index (χ2v) is 5.16. The molecule has 0 fully saturated rings. The summed E-state index contributed by atoms with van der Waals surface area (Å²) in [5, 5.41) is 9.56. The van der Waals surface area contributed by atoms with Gasteiger partial charge in [-0.25, -0.2) is 0 Å². The first kappa shape index (κ1) is 16.5. The quantitative estimate of drug-likeness (QED) is 0.806. The molecule has 4 nitrogen and oxygen atoms in total. The SMILES string of the molecule is CCC(CN)CC(=O)N(CC)C(C)c1cccc(O)c1. The summed E-state index contributed by atoms with van der Waals surface area (Å²) < 4.78 is 0. The Labute approximate surface area is 121 Å². The summed E-state index contributed by atoms with van der Waals surface area (Å²) in [6, 6.07) is 7.03. The largest absolute Gasteiger partial charge is 0.508 e. The van der Waals surface area contributed by atoms with Gasteiger partial charge in [-0.05, 0) is 44.0 Å². The van der Waals surface area contributed by atoms with Crippen LogP contribution in [0.4, 0.5) is 0 Å². The van der Waals surface area contributed by atoms with Crippen LogP contribution in [0.5, 0.6) is 5.75 Å². The molecule has 3 N–H and O–H groups in total. The van der Waals surface area contributed by atoms with Crippen LogP contribution < -0.4 is 5.73 Å². The lowest BCUT2D eigenvalue weighted by atomic mass is 10.00. The molecule has 0 saturated heterocycles. The van der Waals surface area contributed by atoms with E-state index in [4.69, 9.17) is 5.73 Å². The minimum atomic E-state index is -0.0464. The van der Waals surface area contributed by atoms with Gasteiger partial charge in [-0.1, -0.05) is 25.5 Å². The second-order valence-electron chi connectivity index (χ2n) is 5.16. The predicted octanol–water partition coefficient (Wildman–Crippen LogP) is 2.68. The number of rotatable bonds is 7. The van der Waals surface area contributed by atoms with Crippen LogP contribution in [0.2, 0.25) is 0 Å². The predicted molar refractivity (Wildman–Crippen MR) is 81.4 cm³/mol. The van der Waals surface area contributed by atoms with Crippen molar-refractivity contribution in [2.24, 2.45) is 11.7 Å². The van der Waals surface area contributed by atoms with E-state index in [-0.39, 0.29) is 23.6 Å². The maximum atomic E-state index is 12.4. The van der Waals surface area contributed by atoms with Gasteiger partial charge in [0.2, 0.25) is 5.91 Å². The van der Waals surface area contributed by atoms with Crippen LogP contribution in [0, 0.1) is 5.92 Å². The molecule has 4 heteroatoms. The molecular weight excluding hydrogens is 252 g/mol. The Bertz CT molecular complexity index is 430. The zero-order chi connectivity index (χ0) is 15.1. The molecule has 0 bridgehead atoms. The standard InChI is InChI=1S/C16H26N2O2/c1-4-13(11-17)9-16(20)18(5-2)12(3)14-7-6-8-15(19)10-14/h6-8,10,12-13,19H,4-5,9,11,17H2,1-3H3. The molecule has 0 radical (unpaired) electrons. The molecule has 2 atom stereocenters. The third kappa shape index (κ3) is 4.23. The fourth-order valence-electron chi connectivity index (χ4n) is 2.39. The van der Waals surface area contributed by atoms with Gasteiger partial charge < -0.3 is 15.7 Å². The highest BCUT2D eigenvalue weighted by molar-refractivity contribution is 5.77. The number of phenols is 1. The Morgan fingerprint density at radius 3 is 2.60 bits per heavy atom. The lowest BCUT2D eigenvalue weighted by Crippen LogP contribution is -2.35. The summed E-state index contributed by atoms with van der Waals surface area (Å²) in [7, 11) is 0. The Kier molecular flexibility index (Phi) is 6.52. The number of aromatic hydroxyl groups is 1. The Morgan fingerprint density at radius 2 is 2.10 bits per heavy atom. The first-order chi connectivity index (χ1) is 9.53. The van der Waals surface area contributed by atoms with Crippen LogP contribution in [0.15, 0.2) is 24.3 Å². The molecule has 0 saturated carbocycles. The minimum absolute atomic E-state index is 0.0464. The molecule has 0 aliphatic rings. The minimum Gasteiger partial charge on any atom is -0.508 e. The van der Waals surface area contributed by atoms with E-state index in [1.807, 2.05) is 24.8 Å². The molecule has 0 aromatic heterocycles. The molecule has 1 aromatic rings. The maximum absolute atomic E-state index is 12.4. The number of nitrogens with two attached hydrogens (primary N) is 1. The number of carbonyl (C=O) groups excluding carboxylic acids is 1. The molecule has 1 amide bonds. The van der Waals surface area contributed by atoms with Gasteiger partial charge in [-0.3, -0.25) is 4.79 Å². The van der Waals surface area contributed by atoms with Crippen molar-refractivity contribution in [1.82, 2.24) is 4.90 Å². The first-order valence-electron chi connectivity index (χ1n) is 7.31. The molecule has 1 aromatic carbocycles. The van der Waals surface area contributed by atoms with E-state index in [2.05, 4.69) is 6.92 Å². The average Bonchev–Trinajstić information content (AvgIpc) is 2.45. The van der Waals surface area contributed by atoms with E-state index in [0.717, 1.165) is 12.0 Å². The van der Waals surface area contributed by atoms with Crippen LogP contribution >= 0.6 is 0 Å². The van der Waals surface area contributed by atoms with E-state index >= 15 is 0 Å². The van der Waals surface area contributed by atoms with E-state index in [0.29, 0.717) is 19.5 Å². The molecule has 0 heterocycles. The number of phenolic OH excluding ortho intramolecular Hbond substituents is 1. The molecule has 0 aliphatic heterocycles. The van der Waals surface area contributed by atoms with Crippen molar-refractivity contribution in [1.29, 1.82) is 0 Å². The summed E-state index contributed by atoms with van der Waals surface area (Å²) in [5.41, 5.74) is 6.62. The van der Waals surface area contributed by atoms with Crippen LogP contribution in [0.3, 0.4) is 0 Å². The summed E-state index contributed by atoms with van der Waals surface area (Å²) in [6.45, 7) is 7.21. The third-order valence-corrected chi connectivity index (χ3v) is 3.86. The lowest BCUT2D eigenvalue weighted by Gasteiger charge is -2.30. The van der Waals surface area contributed by atoms with Gasteiger partial charge in [-0.15, -0.1) is 0 Å². The molecule has 1 rings (SSSR count). The summed E-state index contributed by atoms with van der Waals surface area (Å²) >= 11 is 0. The number of hydrogen-bond donors (Lipinski definition) is 2. The molecular formula is C16H26N2O2. The van der Waals surface area contributed by atoms with Gasteiger partial charge in [0.1, 0.15) is 5.75 Å². The number of amides is 1. The monoisotopic (exact) mass is 278 g/mol. The number of benzene rings is 1. The van der Waals surface area contributed by atoms with Crippen LogP contribution in [0.1, 0.15) is 45.2 Å². The molecule has 112 valence electrons. The maximum Gasteiger partial charge on any atom is 0.223 e. The van der Waals surface area contributed by atoms with Gasteiger partial charge >= 0.3 is 0 Å². The van der Waals surface area contributed by atoms with E-state index in [1.54, 1.807) is 18.2 Å². The van der Waals surface area contributed by atoms with Crippen molar-refractivity contribution < 1.29 is 9.90 Å². The summed E-state index contributed by atoms with van der Waals surface area (Å²) in [6.07, 6.45) is 1.41. The average molecular weight is 278 g/mol. The molecule has 20 heavy (non-hydrogen) atoms. The van der Waals surface area contributed by atoms with E-state index < -0.39 is 0 Å². The number of carbonyl (C=O) groups is 1. The summed E-state index contributed by atoms with van der Waals surface area (Å²) in [5.74, 6) is 0.597. The molecule has 2 unspecified atom stereocenters. The highest BCUT2D eigenvalue weighted by atomic mass is 16.3.